The van der Waals surface area contributed by atoms with Crippen LogP contribution in [0.25, 0.3) is 0 Å². The summed E-state index contributed by atoms with van der Waals surface area (Å²) in [7, 11) is -2.73. The summed E-state index contributed by atoms with van der Waals surface area (Å²) in [5.41, 5.74) is 11.1. The van der Waals surface area contributed by atoms with Gasteiger partial charge in [-0.2, -0.15) is 0 Å². The molecule has 0 aliphatic rings. The number of hydrogen-bond acceptors (Lipinski definition) is 4. The fourth-order valence-electron chi connectivity index (χ4n) is 2.61. The van der Waals surface area contributed by atoms with E-state index in [1.807, 2.05) is 0 Å². The summed E-state index contributed by atoms with van der Waals surface area (Å²) in [6.45, 7) is 2.25. The van der Waals surface area contributed by atoms with Gasteiger partial charge >= 0.3 is 8.25 Å². The molecule has 0 amide bonds. The molecule has 0 spiro atoms. The predicted octanol–water partition coefficient (Wildman–Crippen LogP) is 4.71. The molecule has 0 aromatic carbocycles. The van der Waals surface area contributed by atoms with E-state index >= 15 is 0 Å². The zero-order valence-corrected chi connectivity index (χ0v) is 15.2. The minimum Gasteiger partial charge on any atom is -0.287 e. The van der Waals surface area contributed by atoms with Gasteiger partial charge in [0.2, 0.25) is 5.85 Å². The zero-order chi connectivity index (χ0) is 16.7. The molecule has 0 rings (SSSR count). The molecule has 1 unspecified atom stereocenters. The number of hydrogen-bond donors (Lipinski definition) is 3. The van der Waals surface area contributed by atoms with Crippen molar-refractivity contribution in [3.63, 3.8) is 0 Å². The van der Waals surface area contributed by atoms with Crippen molar-refractivity contribution in [2.75, 3.05) is 0 Å². The maximum absolute atomic E-state index is 10.5. The lowest BCUT2D eigenvalue weighted by Gasteiger charge is -2.16. The Morgan fingerprint density at radius 2 is 1.18 bits per heavy atom. The molecule has 5 nitrogen and oxygen atoms in total. The first-order valence-corrected chi connectivity index (χ1v) is 10.0. The summed E-state index contributed by atoms with van der Waals surface area (Å²) in [5, 5.41) is 0. The smallest absolute Gasteiger partial charge is 0.287 e. The fraction of sp³-hybridized carbons (Fsp3) is 1.00. The van der Waals surface area contributed by atoms with Gasteiger partial charge in [0.1, 0.15) is 0 Å². The summed E-state index contributed by atoms with van der Waals surface area (Å²) in [6, 6.07) is 0. The normalized spacial score (nSPS) is 12.6. The molecule has 0 aliphatic carbocycles. The molecule has 0 aromatic heterocycles. The molecule has 5 N–H and O–H groups in total. The third-order valence-corrected chi connectivity index (χ3v) is 4.42. The van der Waals surface area contributed by atoms with Crippen LogP contribution in [0.4, 0.5) is 0 Å². The predicted molar refractivity (Wildman–Crippen MR) is 92.3 cm³/mol. The van der Waals surface area contributed by atoms with Gasteiger partial charge in [-0.1, -0.05) is 88.5 Å². The Bertz CT molecular complexity index is 276. The van der Waals surface area contributed by atoms with Crippen molar-refractivity contribution < 1.29 is 14.0 Å². The summed E-state index contributed by atoms with van der Waals surface area (Å²) in [5.74, 6) is -1.47. The van der Waals surface area contributed by atoms with E-state index in [9.17, 15) is 4.57 Å². The highest BCUT2D eigenvalue weighted by molar-refractivity contribution is 7.32. The van der Waals surface area contributed by atoms with E-state index in [4.69, 9.17) is 16.4 Å². The molecule has 0 radical (unpaired) electrons. The summed E-state index contributed by atoms with van der Waals surface area (Å²) in [4.78, 5) is 8.62. The van der Waals surface area contributed by atoms with Crippen LogP contribution in [0.1, 0.15) is 96.8 Å². The third kappa shape index (κ3) is 16.3. The van der Waals surface area contributed by atoms with Crippen LogP contribution in [0.15, 0.2) is 0 Å². The Balaban J connectivity index is 3.22. The van der Waals surface area contributed by atoms with Crippen molar-refractivity contribution in [3.05, 3.63) is 0 Å². The van der Waals surface area contributed by atoms with Gasteiger partial charge in [0, 0.05) is 11.0 Å². The molecule has 132 valence electrons. The Labute approximate surface area is 137 Å². The molecule has 6 heteroatoms. The van der Waals surface area contributed by atoms with E-state index in [1.165, 1.54) is 64.2 Å². The van der Waals surface area contributed by atoms with Crippen molar-refractivity contribution in [2.24, 2.45) is 11.5 Å². The fourth-order valence-corrected chi connectivity index (χ4v) is 2.99. The van der Waals surface area contributed by atoms with Gasteiger partial charge < -0.3 is 0 Å². The van der Waals surface area contributed by atoms with Crippen molar-refractivity contribution in [2.45, 2.75) is 103 Å². The van der Waals surface area contributed by atoms with Gasteiger partial charge in [-0.05, 0) is 6.42 Å². The number of rotatable bonds is 16. The molecular formula is C16H36N2O3P+. The van der Waals surface area contributed by atoms with E-state index in [0.717, 1.165) is 19.3 Å². The molecule has 1 atom stereocenters. The Morgan fingerprint density at radius 3 is 1.55 bits per heavy atom. The molecule has 22 heavy (non-hydrogen) atoms. The molecule has 0 bridgehead atoms. The van der Waals surface area contributed by atoms with Crippen molar-refractivity contribution in [1.29, 1.82) is 0 Å². The first-order chi connectivity index (χ1) is 10.5. The molecular weight excluding hydrogens is 299 g/mol. The highest BCUT2D eigenvalue weighted by Gasteiger charge is 2.31. The second-order valence-electron chi connectivity index (χ2n) is 6.28. The van der Waals surface area contributed by atoms with Crippen LogP contribution >= 0.6 is 8.25 Å². The Kier molecular flexibility index (Phi) is 14.5. The highest BCUT2D eigenvalue weighted by atomic mass is 31.1. The largest absolute Gasteiger partial charge is 0.698 e. The van der Waals surface area contributed by atoms with E-state index < -0.39 is 14.1 Å². The maximum Gasteiger partial charge on any atom is 0.698 e. The average Bonchev–Trinajstić information content (AvgIpc) is 2.42. The van der Waals surface area contributed by atoms with Gasteiger partial charge in [0.15, 0.2) is 0 Å². The molecule has 0 fully saturated rings. The molecule has 0 heterocycles. The third-order valence-electron chi connectivity index (χ3n) is 3.92. The summed E-state index contributed by atoms with van der Waals surface area (Å²) < 4.78 is 15.1. The minimum atomic E-state index is -2.73. The van der Waals surface area contributed by atoms with Gasteiger partial charge in [-0.15, -0.1) is 4.89 Å². The minimum absolute atomic E-state index is 0.409. The highest BCUT2D eigenvalue weighted by Crippen LogP contribution is 2.23. The summed E-state index contributed by atoms with van der Waals surface area (Å²) in [6.07, 6.45) is 16.9. The van der Waals surface area contributed by atoms with E-state index in [2.05, 4.69) is 11.4 Å². The van der Waals surface area contributed by atoms with Crippen LogP contribution in [0, 0.1) is 0 Å². The van der Waals surface area contributed by atoms with Crippen molar-refractivity contribution in [3.8, 4) is 0 Å². The molecule has 0 saturated carbocycles. The van der Waals surface area contributed by atoms with Gasteiger partial charge in [-0.25, -0.2) is 0 Å². The van der Waals surface area contributed by atoms with Gasteiger partial charge in [0.25, 0.3) is 0 Å². The Morgan fingerprint density at radius 1 is 0.818 bits per heavy atom. The van der Waals surface area contributed by atoms with Crippen LogP contribution in [-0.2, 0) is 9.09 Å². The SMILES string of the molecule is CCCCCCCCCCCCCCCC(N)(N)O[P+](=O)O. The van der Waals surface area contributed by atoms with Crippen LogP contribution in [0.3, 0.4) is 0 Å². The topological polar surface area (TPSA) is 98.6 Å². The van der Waals surface area contributed by atoms with Crippen molar-refractivity contribution >= 4 is 8.25 Å². The van der Waals surface area contributed by atoms with E-state index in [0.29, 0.717) is 6.42 Å². The maximum atomic E-state index is 10.5. The molecule has 0 aromatic rings. The van der Waals surface area contributed by atoms with E-state index in [-0.39, 0.29) is 0 Å². The molecule has 0 saturated heterocycles. The van der Waals surface area contributed by atoms with Gasteiger partial charge in [-0.3, -0.25) is 11.5 Å². The average molecular weight is 335 g/mol. The quantitative estimate of drug-likeness (QED) is 0.216. The van der Waals surface area contributed by atoms with Crippen LogP contribution in [-0.4, -0.2) is 10.7 Å². The van der Waals surface area contributed by atoms with Crippen molar-refractivity contribution in [1.82, 2.24) is 0 Å². The molecule has 0 aliphatic heterocycles. The first kappa shape index (κ1) is 21.9. The van der Waals surface area contributed by atoms with Crippen LogP contribution in [0.5, 0.6) is 0 Å². The number of nitrogens with two attached hydrogens (primary N) is 2. The second-order valence-corrected chi connectivity index (χ2v) is 6.93. The van der Waals surface area contributed by atoms with Crippen LogP contribution in [0.2, 0.25) is 0 Å². The number of unbranched alkanes of at least 4 members (excludes halogenated alkanes) is 12. The second kappa shape index (κ2) is 14.5. The first-order valence-electron chi connectivity index (χ1n) is 8.91. The standard InChI is InChI=1S/C16H35N2O3P/c1-2-3-4-5-6-7-8-9-10-11-12-13-14-15-16(17,18)21-22(19)20/h2-15,17-18H2,1H3/p+1. The Hall–Kier alpha value is -0.0600. The summed E-state index contributed by atoms with van der Waals surface area (Å²) >= 11 is 0. The van der Waals surface area contributed by atoms with E-state index in [1.54, 1.807) is 0 Å². The zero-order valence-electron chi connectivity index (χ0n) is 14.3. The lowest BCUT2D eigenvalue weighted by atomic mass is 10.0. The van der Waals surface area contributed by atoms with Gasteiger partial charge in [0.05, 0.1) is 0 Å². The lowest BCUT2D eigenvalue weighted by molar-refractivity contribution is 0.0661. The van der Waals surface area contributed by atoms with Crippen LogP contribution < -0.4 is 11.5 Å². The lowest BCUT2D eigenvalue weighted by Crippen LogP contribution is -2.50. The monoisotopic (exact) mass is 335 g/mol.